The van der Waals surface area contributed by atoms with E-state index in [0.717, 1.165) is 37.8 Å². The normalized spacial score (nSPS) is 17.9. The zero-order valence-corrected chi connectivity index (χ0v) is 12.9. The molecular weight excluding hydrogens is 278 g/mol. The highest BCUT2D eigenvalue weighted by molar-refractivity contribution is 5.76. The maximum atomic E-state index is 12.3. The highest BCUT2D eigenvalue weighted by Crippen LogP contribution is 2.32. The molecule has 1 saturated heterocycles. The minimum atomic E-state index is -0.0608. The number of unbranched alkanes of at least 4 members (excludes halogenated alkanes) is 1. The number of hydrogen-bond donors (Lipinski definition) is 0. The molecule has 0 aliphatic carbocycles. The molecule has 3 rings (SSSR count). The molecule has 0 unspecified atom stereocenters. The van der Waals surface area contributed by atoms with Gasteiger partial charge in [-0.3, -0.25) is 4.79 Å². The fourth-order valence-electron chi connectivity index (χ4n) is 2.87. The number of carbonyl (C=O) groups excluding carboxylic acids is 1. The molecule has 0 N–H and O–H groups in total. The first-order chi connectivity index (χ1) is 10.8. The lowest BCUT2D eigenvalue weighted by Gasteiger charge is -2.21. The summed E-state index contributed by atoms with van der Waals surface area (Å²) in [5.41, 5.74) is 0.930. The van der Waals surface area contributed by atoms with Crippen LogP contribution in [-0.4, -0.2) is 27.5 Å². The van der Waals surface area contributed by atoms with Crippen LogP contribution in [0.25, 0.3) is 11.4 Å². The van der Waals surface area contributed by atoms with Gasteiger partial charge in [-0.15, -0.1) is 0 Å². The van der Waals surface area contributed by atoms with Crippen LogP contribution in [0.5, 0.6) is 0 Å². The van der Waals surface area contributed by atoms with Crippen LogP contribution in [0, 0.1) is 0 Å². The molecule has 1 atom stereocenters. The second-order valence-electron chi connectivity index (χ2n) is 5.67. The molecule has 0 radical (unpaired) electrons. The van der Waals surface area contributed by atoms with Gasteiger partial charge in [0, 0.05) is 18.5 Å². The maximum absolute atomic E-state index is 12.3. The van der Waals surface area contributed by atoms with E-state index in [-0.39, 0.29) is 11.9 Å². The summed E-state index contributed by atoms with van der Waals surface area (Å²) in [6.07, 6.45) is 4.46. The molecule has 1 aromatic carbocycles. The SMILES string of the molecule is CCCCC(=O)N1CCC[C@H]1c1nc(-c2ccccc2)no1. The molecule has 2 heterocycles. The lowest BCUT2D eigenvalue weighted by Crippen LogP contribution is -2.30. The van der Waals surface area contributed by atoms with E-state index in [1.807, 2.05) is 35.2 Å². The Morgan fingerprint density at radius 3 is 2.95 bits per heavy atom. The van der Waals surface area contributed by atoms with Crippen molar-refractivity contribution in [2.75, 3.05) is 6.54 Å². The predicted molar refractivity (Wildman–Crippen MR) is 82.9 cm³/mol. The molecule has 5 heteroatoms. The Balaban J connectivity index is 1.76. The molecule has 116 valence electrons. The van der Waals surface area contributed by atoms with Crippen molar-refractivity contribution in [3.05, 3.63) is 36.2 Å². The Kier molecular flexibility index (Phi) is 4.51. The van der Waals surface area contributed by atoms with E-state index in [9.17, 15) is 4.79 Å². The Morgan fingerprint density at radius 2 is 2.18 bits per heavy atom. The summed E-state index contributed by atoms with van der Waals surface area (Å²) in [7, 11) is 0. The second-order valence-corrected chi connectivity index (χ2v) is 5.67. The monoisotopic (exact) mass is 299 g/mol. The van der Waals surface area contributed by atoms with E-state index in [1.54, 1.807) is 0 Å². The van der Waals surface area contributed by atoms with Crippen molar-refractivity contribution in [3.63, 3.8) is 0 Å². The highest BCUT2D eigenvalue weighted by Gasteiger charge is 2.33. The molecule has 0 bridgehead atoms. The Bertz CT molecular complexity index is 624. The van der Waals surface area contributed by atoms with E-state index >= 15 is 0 Å². The summed E-state index contributed by atoms with van der Waals surface area (Å²) in [6, 6.07) is 9.69. The van der Waals surface area contributed by atoms with Gasteiger partial charge < -0.3 is 9.42 Å². The van der Waals surface area contributed by atoms with Crippen molar-refractivity contribution >= 4 is 5.91 Å². The molecule has 1 amide bonds. The molecule has 1 fully saturated rings. The largest absolute Gasteiger partial charge is 0.337 e. The van der Waals surface area contributed by atoms with Crippen LogP contribution in [0.2, 0.25) is 0 Å². The third-order valence-electron chi connectivity index (χ3n) is 4.08. The van der Waals surface area contributed by atoms with E-state index < -0.39 is 0 Å². The van der Waals surface area contributed by atoms with Crippen LogP contribution in [0.4, 0.5) is 0 Å². The van der Waals surface area contributed by atoms with Crippen molar-refractivity contribution in [1.82, 2.24) is 15.0 Å². The summed E-state index contributed by atoms with van der Waals surface area (Å²) in [4.78, 5) is 18.7. The molecule has 22 heavy (non-hydrogen) atoms. The number of aromatic nitrogens is 2. The zero-order chi connectivity index (χ0) is 15.4. The highest BCUT2D eigenvalue weighted by atomic mass is 16.5. The number of likely N-dealkylation sites (tertiary alicyclic amines) is 1. The third-order valence-corrected chi connectivity index (χ3v) is 4.08. The zero-order valence-electron chi connectivity index (χ0n) is 12.9. The summed E-state index contributed by atoms with van der Waals surface area (Å²) < 4.78 is 5.43. The van der Waals surface area contributed by atoms with E-state index in [0.29, 0.717) is 18.1 Å². The van der Waals surface area contributed by atoms with Crippen LogP contribution in [-0.2, 0) is 4.79 Å². The van der Waals surface area contributed by atoms with Gasteiger partial charge in [-0.25, -0.2) is 0 Å². The van der Waals surface area contributed by atoms with Gasteiger partial charge in [0.05, 0.1) is 0 Å². The Morgan fingerprint density at radius 1 is 1.36 bits per heavy atom. The van der Waals surface area contributed by atoms with E-state index in [4.69, 9.17) is 4.52 Å². The van der Waals surface area contributed by atoms with Gasteiger partial charge in [-0.05, 0) is 19.3 Å². The molecule has 1 aliphatic heterocycles. The first kappa shape index (κ1) is 14.8. The minimum absolute atomic E-state index is 0.0608. The molecule has 2 aromatic rings. The van der Waals surface area contributed by atoms with Gasteiger partial charge >= 0.3 is 0 Å². The van der Waals surface area contributed by atoms with Crippen LogP contribution >= 0.6 is 0 Å². The fraction of sp³-hybridized carbons (Fsp3) is 0.471. The standard InChI is InChI=1S/C17H21N3O2/c1-2-3-11-15(21)20-12-7-10-14(20)17-18-16(19-22-17)13-8-5-4-6-9-13/h4-6,8-9,14H,2-3,7,10-12H2,1H3/t14-/m0/s1. The Hall–Kier alpha value is -2.17. The van der Waals surface area contributed by atoms with Gasteiger partial charge in [-0.2, -0.15) is 4.98 Å². The number of hydrogen-bond acceptors (Lipinski definition) is 4. The summed E-state index contributed by atoms with van der Waals surface area (Å²) >= 11 is 0. The van der Waals surface area contributed by atoms with E-state index in [1.165, 1.54) is 0 Å². The van der Waals surface area contributed by atoms with Crippen molar-refractivity contribution in [2.45, 2.75) is 45.1 Å². The predicted octanol–water partition coefficient (Wildman–Crippen LogP) is 3.59. The first-order valence-electron chi connectivity index (χ1n) is 7.98. The molecule has 0 spiro atoms. The number of benzene rings is 1. The third kappa shape index (κ3) is 3.03. The molecule has 1 aromatic heterocycles. The number of amides is 1. The number of nitrogens with zero attached hydrogens (tertiary/aromatic N) is 3. The van der Waals surface area contributed by atoms with Crippen LogP contribution < -0.4 is 0 Å². The van der Waals surface area contributed by atoms with Crippen LogP contribution in [0.3, 0.4) is 0 Å². The van der Waals surface area contributed by atoms with Crippen molar-refractivity contribution < 1.29 is 9.32 Å². The lowest BCUT2D eigenvalue weighted by molar-refractivity contribution is -0.132. The van der Waals surface area contributed by atoms with Crippen molar-refractivity contribution in [3.8, 4) is 11.4 Å². The molecular formula is C17H21N3O2. The smallest absolute Gasteiger partial charge is 0.249 e. The topological polar surface area (TPSA) is 59.2 Å². The lowest BCUT2D eigenvalue weighted by atomic mass is 10.2. The maximum Gasteiger partial charge on any atom is 0.249 e. The van der Waals surface area contributed by atoms with Crippen molar-refractivity contribution in [2.24, 2.45) is 0 Å². The quantitative estimate of drug-likeness (QED) is 0.846. The fourth-order valence-corrected chi connectivity index (χ4v) is 2.87. The average Bonchev–Trinajstić information content (AvgIpc) is 3.22. The second kappa shape index (κ2) is 6.73. The average molecular weight is 299 g/mol. The van der Waals surface area contributed by atoms with Crippen LogP contribution in [0.1, 0.15) is 51.0 Å². The summed E-state index contributed by atoms with van der Waals surface area (Å²) in [6.45, 7) is 2.88. The van der Waals surface area contributed by atoms with Crippen molar-refractivity contribution in [1.29, 1.82) is 0 Å². The number of rotatable bonds is 5. The van der Waals surface area contributed by atoms with E-state index in [2.05, 4.69) is 17.1 Å². The summed E-state index contributed by atoms with van der Waals surface area (Å²) in [5, 5.41) is 4.06. The van der Waals surface area contributed by atoms with Gasteiger partial charge in [0.15, 0.2) is 0 Å². The van der Waals surface area contributed by atoms with Crippen LogP contribution in [0.15, 0.2) is 34.9 Å². The van der Waals surface area contributed by atoms with Gasteiger partial charge in [-0.1, -0.05) is 48.8 Å². The Labute approximate surface area is 130 Å². The first-order valence-corrected chi connectivity index (χ1v) is 7.98. The summed E-state index contributed by atoms with van der Waals surface area (Å²) in [5.74, 6) is 1.34. The van der Waals surface area contributed by atoms with Gasteiger partial charge in [0.25, 0.3) is 0 Å². The van der Waals surface area contributed by atoms with Gasteiger partial charge in [0.2, 0.25) is 17.6 Å². The molecule has 5 nitrogen and oxygen atoms in total. The number of carbonyl (C=O) groups is 1. The minimum Gasteiger partial charge on any atom is -0.337 e. The van der Waals surface area contributed by atoms with Gasteiger partial charge in [0.1, 0.15) is 6.04 Å². The molecule has 0 saturated carbocycles. The molecule has 1 aliphatic rings.